The van der Waals surface area contributed by atoms with Gasteiger partial charge in [-0.25, -0.2) is 9.36 Å². The summed E-state index contributed by atoms with van der Waals surface area (Å²) >= 11 is 6.11. The molecule has 25 heavy (non-hydrogen) atoms. The lowest BCUT2D eigenvalue weighted by atomic mass is 10.2. The van der Waals surface area contributed by atoms with Gasteiger partial charge in [0.15, 0.2) is 0 Å². The van der Waals surface area contributed by atoms with Crippen molar-refractivity contribution < 1.29 is 9.90 Å². The number of hydrogen-bond donors (Lipinski definition) is 0. The SMILES string of the molecule is Cc1ccc(-n2c(=O)c3ccccc3n([C@@H](C)C(=O)[O-])c2=O)cc1Cl. The quantitative estimate of drug-likeness (QED) is 0.709. The van der Waals surface area contributed by atoms with Gasteiger partial charge in [0, 0.05) is 5.02 Å². The molecule has 6 nitrogen and oxygen atoms in total. The average molecular weight is 358 g/mol. The van der Waals surface area contributed by atoms with E-state index in [-0.39, 0.29) is 16.6 Å². The van der Waals surface area contributed by atoms with Gasteiger partial charge in [0.2, 0.25) is 0 Å². The Kier molecular flexibility index (Phi) is 4.22. The second-order valence-electron chi connectivity index (χ2n) is 5.74. The number of halogens is 1. The summed E-state index contributed by atoms with van der Waals surface area (Å²) in [5.41, 5.74) is 0.00429. The molecule has 1 atom stereocenters. The van der Waals surface area contributed by atoms with E-state index < -0.39 is 23.3 Å². The van der Waals surface area contributed by atoms with Gasteiger partial charge in [0.05, 0.1) is 28.6 Å². The van der Waals surface area contributed by atoms with Crippen LogP contribution in [0.25, 0.3) is 16.6 Å². The molecule has 0 saturated heterocycles. The number of carboxylic acid groups (broad SMARTS) is 1. The Bertz CT molecular complexity index is 1110. The Morgan fingerprint density at radius 1 is 1.16 bits per heavy atom. The summed E-state index contributed by atoms with van der Waals surface area (Å²) in [5, 5.41) is 12.0. The monoisotopic (exact) mass is 357 g/mol. The average Bonchev–Trinajstić information content (AvgIpc) is 2.58. The highest BCUT2D eigenvalue weighted by Crippen LogP contribution is 2.19. The Balaban J connectivity index is 2.48. The van der Waals surface area contributed by atoms with Crippen molar-refractivity contribution in [2.24, 2.45) is 0 Å². The molecular formula is C18H14ClN2O4-. The first-order valence-electron chi connectivity index (χ1n) is 7.56. The van der Waals surface area contributed by atoms with E-state index in [0.717, 1.165) is 14.7 Å². The van der Waals surface area contributed by atoms with E-state index in [1.807, 2.05) is 0 Å². The molecule has 7 heteroatoms. The number of hydrogen-bond acceptors (Lipinski definition) is 4. The van der Waals surface area contributed by atoms with Crippen molar-refractivity contribution in [1.29, 1.82) is 0 Å². The number of carbonyl (C=O) groups excluding carboxylic acids is 1. The van der Waals surface area contributed by atoms with E-state index >= 15 is 0 Å². The van der Waals surface area contributed by atoms with Crippen LogP contribution in [-0.4, -0.2) is 15.1 Å². The normalized spacial score (nSPS) is 12.3. The fraction of sp³-hybridized carbons (Fsp3) is 0.167. The number of aromatic nitrogens is 2. The minimum atomic E-state index is -1.42. The maximum Gasteiger partial charge on any atom is 0.336 e. The summed E-state index contributed by atoms with van der Waals surface area (Å²) in [6, 6.07) is 9.89. The number of benzene rings is 2. The van der Waals surface area contributed by atoms with Crippen LogP contribution in [-0.2, 0) is 4.79 Å². The molecule has 0 bridgehead atoms. The third kappa shape index (κ3) is 2.74. The second-order valence-corrected chi connectivity index (χ2v) is 6.15. The molecule has 0 spiro atoms. The molecule has 0 N–H and O–H groups in total. The van der Waals surface area contributed by atoms with Crippen LogP contribution < -0.4 is 16.4 Å². The number of carboxylic acids is 1. The molecule has 0 aliphatic carbocycles. The van der Waals surface area contributed by atoms with Gasteiger partial charge in [0.1, 0.15) is 0 Å². The predicted molar refractivity (Wildman–Crippen MR) is 93.3 cm³/mol. The number of nitrogens with zero attached hydrogens (tertiary/aromatic N) is 2. The largest absolute Gasteiger partial charge is 0.548 e. The highest BCUT2D eigenvalue weighted by Gasteiger charge is 2.18. The molecule has 0 saturated carbocycles. The number of carbonyl (C=O) groups is 1. The van der Waals surface area contributed by atoms with E-state index in [4.69, 9.17) is 11.6 Å². The number of fused-ring (bicyclic) bond motifs is 1. The zero-order valence-electron chi connectivity index (χ0n) is 13.5. The fourth-order valence-electron chi connectivity index (χ4n) is 2.71. The standard InChI is InChI=1S/C18H15ClN2O4/c1-10-7-8-12(9-14(10)19)21-16(22)13-5-3-4-6-15(13)20(18(21)25)11(2)17(23)24/h3-9,11H,1-2H3,(H,23,24)/p-1/t11-/m0/s1. The molecule has 1 aromatic heterocycles. The van der Waals surface area contributed by atoms with Crippen molar-refractivity contribution in [3.05, 3.63) is 73.9 Å². The van der Waals surface area contributed by atoms with Crippen LogP contribution >= 0.6 is 11.6 Å². The van der Waals surface area contributed by atoms with Gasteiger partial charge < -0.3 is 9.90 Å². The minimum Gasteiger partial charge on any atom is -0.548 e. The van der Waals surface area contributed by atoms with Crippen LogP contribution in [0, 0.1) is 6.92 Å². The minimum absolute atomic E-state index is 0.229. The van der Waals surface area contributed by atoms with Gasteiger partial charge in [0.25, 0.3) is 5.56 Å². The van der Waals surface area contributed by atoms with Crippen LogP contribution in [0.1, 0.15) is 18.5 Å². The molecule has 2 aromatic carbocycles. The third-order valence-electron chi connectivity index (χ3n) is 4.14. The summed E-state index contributed by atoms with van der Waals surface area (Å²) in [4.78, 5) is 37.1. The van der Waals surface area contributed by atoms with Crippen LogP contribution in [0.3, 0.4) is 0 Å². The molecule has 0 amide bonds. The van der Waals surface area contributed by atoms with E-state index in [1.165, 1.54) is 19.1 Å². The smallest absolute Gasteiger partial charge is 0.336 e. The zero-order chi connectivity index (χ0) is 18.3. The summed E-state index contributed by atoms with van der Waals surface area (Å²) in [5.74, 6) is -1.42. The first-order valence-corrected chi connectivity index (χ1v) is 7.94. The van der Waals surface area contributed by atoms with Crippen molar-refractivity contribution in [3.8, 4) is 5.69 Å². The second kappa shape index (κ2) is 6.22. The lowest BCUT2D eigenvalue weighted by molar-refractivity contribution is -0.309. The van der Waals surface area contributed by atoms with Crippen LogP contribution in [0.15, 0.2) is 52.1 Å². The van der Waals surface area contributed by atoms with Gasteiger partial charge in [-0.15, -0.1) is 0 Å². The third-order valence-corrected chi connectivity index (χ3v) is 4.54. The first kappa shape index (κ1) is 17.0. The molecule has 0 aliphatic rings. The molecule has 0 aliphatic heterocycles. The van der Waals surface area contributed by atoms with Gasteiger partial charge >= 0.3 is 5.69 Å². The molecular weight excluding hydrogens is 344 g/mol. The number of aryl methyl sites for hydroxylation is 1. The Labute approximate surface area is 147 Å². The molecule has 128 valence electrons. The summed E-state index contributed by atoms with van der Waals surface area (Å²) in [6.07, 6.45) is 0. The Morgan fingerprint density at radius 2 is 1.84 bits per heavy atom. The van der Waals surface area contributed by atoms with E-state index in [0.29, 0.717) is 5.02 Å². The van der Waals surface area contributed by atoms with Gasteiger partial charge in [-0.1, -0.05) is 29.8 Å². The molecule has 0 unspecified atom stereocenters. The van der Waals surface area contributed by atoms with E-state index in [1.54, 1.807) is 37.3 Å². The van der Waals surface area contributed by atoms with Crippen LogP contribution in [0.5, 0.6) is 0 Å². The van der Waals surface area contributed by atoms with Crippen molar-refractivity contribution in [1.82, 2.24) is 9.13 Å². The zero-order valence-corrected chi connectivity index (χ0v) is 14.3. The van der Waals surface area contributed by atoms with Crippen LogP contribution in [0.2, 0.25) is 5.02 Å². The molecule has 3 rings (SSSR count). The molecule has 1 heterocycles. The van der Waals surface area contributed by atoms with E-state index in [9.17, 15) is 19.5 Å². The van der Waals surface area contributed by atoms with Crippen molar-refractivity contribution >= 4 is 28.5 Å². The highest BCUT2D eigenvalue weighted by molar-refractivity contribution is 6.31. The summed E-state index contributed by atoms with van der Waals surface area (Å²) in [6.45, 7) is 3.13. The van der Waals surface area contributed by atoms with Crippen molar-refractivity contribution in [2.75, 3.05) is 0 Å². The fourth-order valence-corrected chi connectivity index (χ4v) is 2.89. The van der Waals surface area contributed by atoms with Crippen molar-refractivity contribution in [3.63, 3.8) is 0 Å². The van der Waals surface area contributed by atoms with Crippen LogP contribution in [0.4, 0.5) is 0 Å². The predicted octanol–water partition coefficient (Wildman–Crippen LogP) is 1.43. The number of para-hydroxylation sites is 1. The van der Waals surface area contributed by atoms with Gasteiger partial charge in [-0.3, -0.25) is 9.36 Å². The highest BCUT2D eigenvalue weighted by atomic mass is 35.5. The molecule has 0 fully saturated rings. The summed E-state index contributed by atoms with van der Waals surface area (Å²) in [7, 11) is 0. The topological polar surface area (TPSA) is 84.1 Å². The Hall–Kier alpha value is -2.86. The molecule has 0 radical (unpaired) electrons. The van der Waals surface area contributed by atoms with Gasteiger partial charge in [-0.05, 0) is 43.7 Å². The number of aliphatic carboxylic acids is 1. The lowest BCUT2D eigenvalue weighted by Crippen LogP contribution is -2.44. The summed E-state index contributed by atoms with van der Waals surface area (Å²) < 4.78 is 1.97. The number of rotatable bonds is 3. The van der Waals surface area contributed by atoms with Gasteiger partial charge in [-0.2, -0.15) is 0 Å². The maximum atomic E-state index is 12.9. The maximum absolute atomic E-state index is 12.9. The van der Waals surface area contributed by atoms with Crippen molar-refractivity contribution in [2.45, 2.75) is 19.9 Å². The Morgan fingerprint density at radius 3 is 2.48 bits per heavy atom. The van der Waals surface area contributed by atoms with E-state index in [2.05, 4.69) is 0 Å². The lowest BCUT2D eigenvalue weighted by Gasteiger charge is -2.20. The molecule has 3 aromatic rings. The first-order chi connectivity index (χ1) is 11.8.